The van der Waals surface area contributed by atoms with Gasteiger partial charge in [-0.1, -0.05) is 12.1 Å². The quantitative estimate of drug-likeness (QED) is 0.672. The van der Waals surface area contributed by atoms with Crippen molar-refractivity contribution in [2.45, 2.75) is 32.6 Å². The molecule has 0 spiro atoms. The molecule has 3 rings (SSSR count). The van der Waals surface area contributed by atoms with Crippen molar-refractivity contribution >= 4 is 35.4 Å². The highest BCUT2D eigenvalue weighted by Crippen LogP contribution is 2.29. The van der Waals surface area contributed by atoms with Gasteiger partial charge in [0.15, 0.2) is 0 Å². The van der Waals surface area contributed by atoms with Gasteiger partial charge in [-0.15, -0.1) is 21.5 Å². The molecular formula is C20H23N5OS. The molecule has 6 nitrogen and oxygen atoms in total. The molecule has 7 heteroatoms. The van der Waals surface area contributed by atoms with Gasteiger partial charge in [-0.3, -0.25) is 14.8 Å². The first-order chi connectivity index (χ1) is 13.1. The molecule has 0 saturated heterocycles. The second-order valence-corrected chi connectivity index (χ2v) is 7.52. The minimum absolute atomic E-state index is 0.222. The van der Waals surface area contributed by atoms with Gasteiger partial charge in [0.1, 0.15) is 16.2 Å². The second-order valence-electron chi connectivity index (χ2n) is 6.60. The van der Waals surface area contributed by atoms with Gasteiger partial charge >= 0.3 is 0 Å². The summed E-state index contributed by atoms with van der Waals surface area (Å²) in [6, 6.07) is 7.86. The number of benzene rings is 1. The van der Waals surface area contributed by atoms with Gasteiger partial charge in [0, 0.05) is 24.4 Å². The molecule has 1 aliphatic rings. The van der Waals surface area contributed by atoms with Crippen LogP contribution in [0.1, 0.15) is 30.3 Å². The van der Waals surface area contributed by atoms with E-state index >= 15 is 0 Å². The van der Waals surface area contributed by atoms with Crippen molar-refractivity contribution in [1.82, 2.24) is 10.2 Å². The van der Waals surface area contributed by atoms with Crippen LogP contribution in [-0.2, 0) is 17.6 Å². The average Bonchev–Trinajstić information content (AvgIpc) is 3.36. The van der Waals surface area contributed by atoms with Gasteiger partial charge in [-0.05, 0) is 62.6 Å². The van der Waals surface area contributed by atoms with Crippen LogP contribution in [0.15, 0.2) is 51.5 Å². The van der Waals surface area contributed by atoms with E-state index < -0.39 is 0 Å². The first kappa shape index (κ1) is 19.1. The number of nitrogens with one attached hydrogen (secondary N) is 1. The number of rotatable bonds is 9. The van der Waals surface area contributed by atoms with E-state index in [0.29, 0.717) is 23.9 Å². The van der Waals surface area contributed by atoms with Gasteiger partial charge in [-0.25, -0.2) is 0 Å². The summed E-state index contributed by atoms with van der Waals surface area (Å²) >= 11 is 1.55. The predicted octanol–water partition coefficient (Wildman–Crippen LogP) is 3.72. The minimum Gasteiger partial charge on any atom is -0.321 e. The van der Waals surface area contributed by atoms with Crippen LogP contribution >= 0.6 is 11.3 Å². The summed E-state index contributed by atoms with van der Waals surface area (Å²) in [4.78, 5) is 21.0. The van der Waals surface area contributed by atoms with E-state index in [2.05, 4.69) is 32.2 Å². The van der Waals surface area contributed by atoms with Gasteiger partial charge in [0.2, 0.25) is 0 Å². The predicted molar refractivity (Wildman–Crippen MR) is 111 cm³/mol. The van der Waals surface area contributed by atoms with Crippen LogP contribution in [-0.4, -0.2) is 35.1 Å². The molecule has 1 saturated carbocycles. The fourth-order valence-electron chi connectivity index (χ4n) is 2.51. The third kappa shape index (κ3) is 6.21. The zero-order chi connectivity index (χ0) is 19.1. The molecule has 1 heterocycles. The number of allylic oxidation sites excluding steroid dienone is 1. The highest BCUT2D eigenvalue weighted by molar-refractivity contribution is 7.09. The first-order valence-electron chi connectivity index (χ1n) is 8.99. The van der Waals surface area contributed by atoms with Crippen LogP contribution in [0.4, 0.5) is 5.69 Å². The zero-order valence-corrected chi connectivity index (χ0v) is 16.2. The zero-order valence-electron chi connectivity index (χ0n) is 15.4. The lowest BCUT2D eigenvalue weighted by atomic mass is 10.1. The van der Waals surface area contributed by atoms with E-state index in [4.69, 9.17) is 0 Å². The van der Waals surface area contributed by atoms with E-state index in [0.717, 1.165) is 29.1 Å². The van der Waals surface area contributed by atoms with Crippen molar-refractivity contribution in [2.24, 2.45) is 15.9 Å². The maximum Gasteiger partial charge on any atom is 0.273 e. The van der Waals surface area contributed by atoms with Crippen molar-refractivity contribution in [1.29, 1.82) is 0 Å². The minimum atomic E-state index is -0.222. The van der Waals surface area contributed by atoms with E-state index in [1.54, 1.807) is 29.8 Å². The summed E-state index contributed by atoms with van der Waals surface area (Å²) in [7, 11) is 0. The number of aryl methyl sites for hydroxylation is 2. The van der Waals surface area contributed by atoms with Crippen LogP contribution < -0.4 is 5.32 Å². The van der Waals surface area contributed by atoms with E-state index in [1.807, 2.05) is 24.3 Å². The number of aliphatic imine (C=N–C) groups is 2. The van der Waals surface area contributed by atoms with Crippen LogP contribution in [0.25, 0.3) is 0 Å². The Hall–Kier alpha value is -2.67. The summed E-state index contributed by atoms with van der Waals surface area (Å²) in [6.07, 6.45) is 5.75. The molecule has 140 valence electrons. The Balaban J connectivity index is 1.66. The fourth-order valence-corrected chi connectivity index (χ4v) is 3.04. The summed E-state index contributed by atoms with van der Waals surface area (Å²) in [5.41, 5.74) is 4.70. The largest absolute Gasteiger partial charge is 0.321 e. The number of anilines is 1. The molecule has 0 unspecified atom stereocenters. The summed E-state index contributed by atoms with van der Waals surface area (Å²) in [6.45, 7) is 6.00. The smallest absolute Gasteiger partial charge is 0.273 e. The number of carbonyl (C=O) groups excluding carboxylic acids is 1. The van der Waals surface area contributed by atoms with Crippen LogP contribution in [0, 0.1) is 5.92 Å². The maximum atomic E-state index is 12.7. The van der Waals surface area contributed by atoms with E-state index in [1.165, 1.54) is 12.8 Å². The lowest BCUT2D eigenvalue weighted by Gasteiger charge is -2.08. The molecule has 1 fully saturated rings. The molecule has 27 heavy (non-hydrogen) atoms. The Morgan fingerprint density at radius 1 is 1.41 bits per heavy atom. The number of aromatic nitrogens is 2. The number of amides is 1. The third-order valence-electron chi connectivity index (χ3n) is 4.26. The van der Waals surface area contributed by atoms with Crippen LogP contribution in [0.5, 0.6) is 0 Å². The number of hydrogen-bond donors (Lipinski definition) is 1. The van der Waals surface area contributed by atoms with Gasteiger partial charge in [0.05, 0.1) is 0 Å². The monoisotopic (exact) mass is 381 g/mol. The maximum absolute atomic E-state index is 12.7. The summed E-state index contributed by atoms with van der Waals surface area (Å²) in [5.74, 6) is 0.391. The second kappa shape index (κ2) is 9.32. The van der Waals surface area contributed by atoms with Crippen molar-refractivity contribution in [3.8, 4) is 0 Å². The SMILES string of the molecule is C=N/C(C)=C\C(=NCC1CC1)C(=O)Nc1cccc(CCc2nncs2)c1. The average molecular weight is 382 g/mol. The summed E-state index contributed by atoms with van der Waals surface area (Å²) < 4.78 is 0. The summed E-state index contributed by atoms with van der Waals surface area (Å²) in [5, 5.41) is 11.9. The molecular weight excluding hydrogens is 358 g/mol. The highest BCUT2D eigenvalue weighted by atomic mass is 32.1. The molecule has 1 aromatic heterocycles. The molecule has 0 aliphatic heterocycles. The topological polar surface area (TPSA) is 79.6 Å². The van der Waals surface area contributed by atoms with Gasteiger partial charge in [-0.2, -0.15) is 0 Å². The number of hydrogen-bond acceptors (Lipinski definition) is 6. The Morgan fingerprint density at radius 3 is 2.96 bits per heavy atom. The fraction of sp³-hybridized carbons (Fsp3) is 0.350. The molecule has 0 radical (unpaired) electrons. The van der Waals surface area contributed by atoms with E-state index in [9.17, 15) is 4.79 Å². The van der Waals surface area contributed by atoms with Crippen molar-refractivity contribution in [3.05, 3.63) is 52.1 Å². The molecule has 0 bridgehead atoms. The lowest BCUT2D eigenvalue weighted by molar-refractivity contribution is -0.110. The molecule has 1 aliphatic carbocycles. The first-order valence-corrected chi connectivity index (χ1v) is 9.87. The van der Waals surface area contributed by atoms with Crippen LogP contribution in [0.3, 0.4) is 0 Å². The molecule has 2 aromatic rings. The standard InChI is InChI=1S/C20H23N5OS/c1-14(21-2)10-18(22-12-16-6-7-16)20(26)24-17-5-3-4-15(11-17)8-9-19-25-23-13-27-19/h3-5,10-11,13,16H,2,6-9,12H2,1H3,(H,24,26)/b14-10-,22-18?. The van der Waals surface area contributed by atoms with Gasteiger partial charge in [0.25, 0.3) is 5.91 Å². The van der Waals surface area contributed by atoms with E-state index in [-0.39, 0.29) is 5.91 Å². The number of carbonyl (C=O) groups is 1. The van der Waals surface area contributed by atoms with Crippen molar-refractivity contribution in [3.63, 3.8) is 0 Å². The Morgan fingerprint density at radius 2 is 2.26 bits per heavy atom. The molecule has 1 N–H and O–H groups in total. The Kier molecular flexibility index (Phi) is 6.59. The Labute approximate surface area is 163 Å². The molecule has 0 atom stereocenters. The van der Waals surface area contributed by atoms with Crippen molar-refractivity contribution < 1.29 is 4.79 Å². The lowest BCUT2D eigenvalue weighted by Crippen LogP contribution is -2.22. The van der Waals surface area contributed by atoms with Crippen molar-refractivity contribution in [2.75, 3.05) is 11.9 Å². The Bertz CT molecular complexity index is 853. The highest BCUT2D eigenvalue weighted by Gasteiger charge is 2.21. The van der Waals surface area contributed by atoms with Gasteiger partial charge < -0.3 is 5.32 Å². The normalized spacial score (nSPS) is 14.9. The number of nitrogens with zero attached hydrogens (tertiary/aromatic N) is 4. The van der Waals surface area contributed by atoms with Crippen LogP contribution in [0.2, 0.25) is 0 Å². The third-order valence-corrected chi connectivity index (χ3v) is 5.02. The molecule has 1 amide bonds. The molecule has 1 aromatic carbocycles.